The molecule has 0 spiro atoms. The fourth-order valence-electron chi connectivity index (χ4n) is 3.97. The van der Waals surface area contributed by atoms with Crippen LogP contribution in [0.2, 0.25) is 0 Å². The maximum atomic E-state index is 12.7. The van der Waals surface area contributed by atoms with Gasteiger partial charge in [0.15, 0.2) is 0 Å². The van der Waals surface area contributed by atoms with Gasteiger partial charge in [0, 0.05) is 45.3 Å². The number of ether oxygens (including phenoxy) is 1. The van der Waals surface area contributed by atoms with Gasteiger partial charge < -0.3 is 14.2 Å². The third-order valence-corrected chi connectivity index (χ3v) is 5.48. The molecule has 4 rings (SSSR count). The van der Waals surface area contributed by atoms with Crippen LogP contribution < -0.4 is 0 Å². The third kappa shape index (κ3) is 3.92. The topological polar surface area (TPSA) is 60.2 Å². The van der Waals surface area contributed by atoms with Gasteiger partial charge in [-0.3, -0.25) is 9.78 Å². The van der Waals surface area contributed by atoms with Crippen LogP contribution >= 0.6 is 0 Å². The third-order valence-electron chi connectivity index (χ3n) is 5.48. The van der Waals surface area contributed by atoms with Crippen molar-refractivity contribution in [3.8, 4) is 0 Å². The minimum absolute atomic E-state index is 0.229. The van der Waals surface area contributed by atoms with E-state index in [1.165, 1.54) is 5.56 Å². The van der Waals surface area contributed by atoms with Gasteiger partial charge in [-0.1, -0.05) is 30.3 Å². The van der Waals surface area contributed by atoms with Crippen LogP contribution in [0, 0.1) is 0 Å². The van der Waals surface area contributed by atoms with Gasteiger partial charge in [0.05, 0.1) is 23.8 Å². The number of methoxy groups -OCH3 is 1. The Balaban J connectivity index is 1.45. The molecule has 3 aromatic rings. The summed E-state index contributed by atoms with van der Waals surface area (Å²) in [6, 6.07) is 12.1. The number of likely N-dealkylation sites (tertiary alicyclic amines) is 1. The molecule has 1 aliphatic rings. The molecule has 1 atom stereocenters. The summed E-state index contributed by atoms with van der Waals surface area (Å²) in [5.74, 6) is 1.52. The summed E-state index contributed by atoms with van der Waals surface area (Å²) in [7, 11) is 1.71. The van der Waals surface area contributed by atoms with Gasteiger partial charge in [-0.25, -0.2) is 4.98 Å². The maximum absolute atomic E-state index is 12.7. The zero-order chi connectivity index (χ0) is 19.3. The number of amides is 1. The lowest BCUT2D eigenvalue weighted by atomic mass is 10.1. The van der Waals surface area contributed by atoms with E-state index in [1.54, 1.807) is 13.3 Å². The van der Waals surface area contributed by atoms with Crippen molar-refractivity contribution in [3.63, 3.8) is 0 Å². The number of imidazole rings is 1. The molecule has 0 aliphatic carbocycles. The average molecular weight is 378 g/mol. The van der Waals surface area contributed by atoms with E-state index in [4.69, 9.17) is 9.72 Å². The molecule has 1 saturated heterocycles. The lowest BCUT2D eigenvalue weighted by Crippen LogP contribution is -2.29. The van der Waals surface area contributed by atoms with Crippen molar-refractivity contribution in [1.29, 1.82) is 0 Å². The average Bonchev–Trinajstić information content (AvgIpc) is 3.36. The number of carbonyl (C=O) groups excluding carboxylic acids is 1. The quantitative estimate of drug-likeness (QED) is 0.634. The highest BCUT2D eigenvalue weighted by atomic mass is 16.5. The number of hydrogen-bond donors (Lipinski definition) is 0. The van der Waals surface area contributed by atoms with Gasteiger partial charge in [0.1, 0.15) is 5.82 Å². The Kier molecular flexibility index (Phi) is 5.67. The van der Waals surface area contributed by atoms with Crippen LogP contribution in [0.3, 0.4) is 0 Å². The number of carbonyl (C=O) groups is 1. The predicted octanol–water partition coefficient (Wildman–Crippen LogP) is 3.03. The lowest BCUT2D eigenvalue weighted by Gasteiger charge is -2.17. The summed E-state index contributed by atoms with van der Waals surface area (Å²) in [6.45, 7) is 2.90. The first-order chi connectivity index (χ1) is 13.8. The lowest BCUT2D eigenvalue weighted by molar-refractivity contribution is -0.130. The monoisotopic (exact) mass is 378 g/mol. The molecule has 1 aliphatic heterocycles. The molecule has 0 bridgehead atoms. The molecule has 0 N–H and O–H groups in total. The van der Waals surface area contributed by atoms with Crippen LogP contribution in [-0.2, 0) is 22.5 Å². The molecule has 0 radical (unpaired) electrons. The van der Waals surface area contributed by atoms with Gasteiger partial charge in [-0.15, -0.1) is 0 Å². The van der Waals surface area contributed by atoms with Crippen LogP contribution in [0.1, 0.15) is 30.1 Å². The minimum atomic E-state index is 0.229. The van der Waals surface area contributed by atoms with Crippen LogP contribution in [0.15, 0.2) is 48.8 Å². The Morgan fingerprint density at radius 3 is 2.93 bits per heavy atom. The summed E-state index contributed by atoms with van der Waals surface area (Å²) in [5.41, 5.74) is 3.19. The van der Waals surface area contributed by atoms with E-state index in [2.05, 4.69) is 21.7 Å². The van der Waals surface area contributed by atoms with Gasteiger partial charge >= 0.3 is 0 Å². The smallest absolute Gasteiger partial charge is 0.222 e. The van der Waals surface area contributed by atoms with Gasteiger partial charge in [0.2, 0.25) is 5.91 Å². The number of pyridine rings is 1. The van der Waals surface area contributed by atoms with E-state index in [0.717, 1.165) is 49.3 Å². The molecule has 2 aromatic heterocycles. The van der Waals surface area contributed by atoms with Gasteiger partial charge in [0.25, 0.3) is 0 Å². The summed E-state index contributed by atoms with van der Waals surface area (Å²) >= 11 is 0. The molecule has 1 aromatic carbocycles. The zero-order valence-corrected chi connectivity index (χ0v) is 16.3. The number of aryl methyl sites for hydroxylation is 1. The molecule has 1 amide bonds. The summed E-state index contributed by atoms with van der Waals surface area (Å²) < 4.78 is 7.48. The molecule has 3 heterocycles. The van der Waals surface area contributed by atoms with Crippen molar-refractivity contribution in [3.05, 3.63) is 60.2 Å². The number of rotatable bonds is 7. The van der Waals surface area contributed by atoms with Crippen molar-refractivity contribution in [1.82, 2.24) is 19.4 Å². The molecule has 0 unspecified atom stereocenters. The predicted molar refractivity (Wildman–Crippen MR) is 108 cm³/mol. The Hall–Kier alpha value is -2.73. The van der Waals surface area contributed by atoms with Crippen LogP contribution in [0.4, 0.5) is 0 Å². The molecule has 28 heavy (non-hydrogen) atoms. The van der Waals surface area contributed by atoms with E-state index in [9.17, 15) is 4.79 Å². The highest BCUT2D eigenvalue weighted by Crippen LogP contribution is 2.29. The summed E-state index contributed by atoms with van der Waals surface area (Å²) in [6.07, 6.45) is 5.92. The van der Waals surface area contributed by atoms with Gasteiger partial charge in [-0.05, 0) is 24.5 Å². The number of nitrogens with zero attached hydrogens (tertiary/aromatic N) is 4. The second-order valence-corrected chi connectivity index (χ2v) is 7.29. The molecule has 0 saturated carbocycles. The van der Waals surface area contributed by atoms with Crippen molar-refractivity contribution < 1.29 is 9.53 Å². The number of hydrogen-bond acceptors (Lipinski definition) is 4. The van der Waals surface area contributed by atoms with Crippen LogP contribution in [0.25, 0.3) is 11.0 Å². The highest BCUT2D eigenvalue weighted by Gasteiger charge is 2.30. The first kappa shape index (κ1) is 18.6. The second kappa shape index (κ2) is 8.52. The minimum Gasteiger partial charge on any atom is -0.383 e. The van der Waals surface area contributed by atoms with Crippen LogP contribution in [0.5, 0.6) is 0 Å². The highest BCUT2D eigenvalue weighted by molar-refractivity contribution is 5.77. The zero-order valence-electron chi connectivity index (χ0n) is 16.3. The molecule has 146 valence electrons. The first-order valence-electron chi connectivity index (χ1n) is 9.87. The van der Waals surface area contributed by atoms with Crippen LogP contribution in [-0.4, -0.2) is 52.1 Å². The summed E-state index contributed by atoms with van der Waals surface area (Å²) in [5, 5.41) is 0. The van der Waals surface area contributed by atoms with E-state index < -0.39 is 0 Å². The molecule has 1 fully saturated rings. The normalized spacial score (nSPS) is 16.8. The van der Waals surface area contributed by atoms with Crippen molar-refractivity contribution >= 4 is 16.9 Å². The molecule has 6 heteroatoms. The number of fused-ring (bicyclic) bond motifs is 1. The SMILES string of the molecule is COCCn1c([C@H]2CCN(C(=O)CCc3ccccc3)C2)nc2ccncc21. The Morgan fingerprint density at radius 1 is 1.25 bits per heavy atom. The van der Waals surface area contributed by atoms with Crippen molar-refractivity contribution in [2.24, 2.45) is 0 Å². The Morgan fingerprint density at radius 2 is 2.11 bits per heavy atom. The molecule has 6 nitrogen and oxygen atoms in total. The van der Waals surface area contributed by atoms with E-state index in [0.29, 0.717) is 13.0 Å². The standard InChI is InChI=1S/C22H26N4O2/c1-28-14-13-26-20-15-23-11-9-19(20)24-22(26)18-10-12-25(16-18)21(27)8-7-17-5-3-2-4-6-17/h2-6,9,11,15,18H,7-8,10,12-14,16H2,1H3/t18-/m0/s1. The van der Waals surface area contributed by atoms with Crippen molar-refractivity contribution in [2.75, 3.05) is 26.8 Å². The largest absolute Gasteiger partial charge is 0.383 e. The fourth-order valence-corrected chi connectivity index (χ4v) is 3.97. The Labute approximate surface area is 165 Å². The Bertz CT molecular complexity index is 938. The van der Waals surface area contributed by atoms with Crippen molar-refractivity contribution in [2.45, 2.75) is 31.7 Å². The maximum Gasteiger partial charge on any atom is 0.222 e. The number of aromatic nitrogens is 3. The molecular weight excluding hydrogens is 352 g/mol. The van der Waals surface area contributed by atoms with Gasteiger partial charge in [-0.2, -0.15) is 0 Å². The first-order valence-corrected chi connectivity index (χ1v) is 9.87. The van der Waals surface area contributed by atoms with E-state index >= 15 is 0 Å². The molecular formula is C22H26N4O2. The summed E-state index contributed by atoms with van der Waals surface area (Å²) in [4.78, 5) is 23.8. The van der Waals surface area contributed by atoms with E-state index in [-0.39, 0.29) is 11.8 Å². The van der Waals surface area contributed by atoms with E-state index in [1.807, 2.05) is 35.4 Å². The fraction of sp³-hybridized carbons (Fsp3) is 0.409. The second-order valence-electron chi connectivity index (χ2n) is 7.29. The number of benzene rings is 1.